The van der Waals surface area contributed by atoms with Gasteiger partial charge < -0.3 is 5.32 Å². The summed E-state index contributed by atoms with van der Waals surface area (Å²) in [7, 11) is 0. The van der Waals surface area contributed by atoms with Gasteiger partial charge in [-0.2, -0.15) is 0 Å². The van der Waals surface area contributed by atoms with E-state index in [9.17, 15) is 14.0 Å². The molecule has 0 spiro atoms. The number of benzene rings is 2. The number of hydrogen-bond acceptors (Lipinski definition) is 5. The van der Waals surface area contributed by atoms with Crippen LogP contribution in [0.15, 0.2) is 58.5 Å². The number of halogens is 1. The summed E-state index contributed by atoms with van der Waals surface area (Å²) in [5, 5.41) is 3.84. The minimum absolute atomic E-state index is 0.0617. The largest absolute Gasteiger partial charge is 0.325 e. The van der Waals surface area contributed by atoms with Crippen LogP contribution in [-0.4, -0.2) is 21.2 Å². The van der Waals surface area contributed by atoms with Crippen molar-refractivity contribution in [2.24, 2.45) is 0 Å². The fourth-order valence-corrected chi connectivity index (χ4v) is 5.40. The minimum atomic E-state index is -0.366. The maximum atomic E-state index is 13.5. The monoisotopic (exact) mass is 467 g/mol. The summed E-state index contributed by atoms with van der Waals surface area (Å²) in [6.07, 6.45) is 0.833. The van der Waals surface area contributed by atoms with Crippen LogP contribution in [0.4, 0.5) is 10.1 Å². The number of nitrogens with zero attached hydrogens (tertiary/aromatic N) is 2. The van der Waals surface area contributed by atoms with E-state index in [1.165, 1.54) is 47.4 Å². The molecule has 1 amide bonds. The molecule has 0 saturated carbocycles. The molecule has 0 saturated heterocycles. The third-order valence-corrected chi connectivity index (χ3v) is 7.37. The molecule has 0 aliphatic heterocycles. The number of hydrogen-bond donors (Lipinski definition) is 1. The van der Waals surface area contributed by atoms with Gasteiger partial charge in [-0.25, -0.2) is 9.37 Å². The Labute approximate surface area is 193 Å². The Hall–Kier alpha value is -2.97. The Kier molecular flexibility index (Phi) is 6.43. The van der Waals surface area contributed by atoms with Crippen molar-refractivity contribution in [1.29, 1.82) is 0 Å². The second-order valence-electron chi connectivity index (χ2n) is 7.40. The number of aryl methyl sites for hydroxylation is 3. The molecule has 2 aromatic carbocycles. The lowest BCUT2D eigenvalue weighted by Crippen LogP contribution is -2.22. The summed E-state index contributed by atoms with van der Waals surface area (Å²) >= 11 is 2.72. The van der Waals surface area contributed by atoms with Crippen molar-refractivity contribution in [1.82, 2.24) is 9.55 Å². The molecule has 8 heteroatoms. The van der Waals surface area contributed by atoms with E-state index in [2.05, 4.69) is 12.2 Å². The van der Waals surface area contributed by atoms with Crippen molar-refractivity contribution in [2.75, 3.05) is 11.1 Å². The summed E-state index contributed by atoms with van der Waals surface area (Å²) in [5.41, 5.74) is 3.15. The highest BCUT2D eigenvalue weighted by atomic mass is 32.2. The van der Waals surface area contributed by atoms with Crippen LogP contribution in [0.5, 0.6) is 0 Å². The van der Waals surface area contributed by atoms with Gasteiger partial charge in [-0.3, -0.25) is 14.2 Å². The topological polar surface area (TPSA) is 64.0 Å². The number of nitrogens with one attached hydrogen (secondary N) is 1. The van der Waals surface area contributed by atoms with Crippen molar-refractivity contribution >= 4 is 44.9 Å². The molecule has 0 radical (unpaired) electrons. The average molecular weight is 468 g/mol. The van der Waals surface area contributed by atoms with Crippen molar-refractivity contribution in [3.63, 3.8) is 0 Å². The van der Waals surface area contributed by atoms with Gasteiger partial charge in [0.25, 0.3) is 5.56 Å². The summed E-state index contributed by atoms with van der Waals surface area (Å²) in [6, 6.07) is 13.2. The van der Waals surface area contributed by atoms with E-state index in [4.69, 9.17) is 4.98 Å². The number of fused-ring (bicyclic) bond motifs is 1. The molecule has 4 rings (SSSR count). The van der Waals surface area contributed by atoms with Gasteiger partial charge in [0.15, 0.2) is 5.16 Å². The zero-order valence-electron chi connectivity index (χ0n) is 17.9. The molecule has 2 heterocycles. The van der Waals surface area contributed by atoms with Crippen molar-refractivity contribution in [2.45, 2.75) is 32.3 Å². The lowest BCUT2D eigenvalue weighted by Gasteiger charge is -2.13. The second kappa shape index (κ2) is 9.26. The number of amides is 1. The van der Waals surface area contributed by atoms with Crippen molar-refractivity contribution in [3.05, 3.63) is 80.7 Å². The molecular weight excluding hydrogens is 445 g/mol. The van der Waals surface area contributed by atoms with E-state index in [1.54, 1.807) is 4.57 Å². The maximum Gasteiger partial charge on any atom is 0.267 e. The molecule has 32 heavy (non-hydrogen) atoms. The summed E-state index contributed by atoms with van der Waals surface area (Å²) < 4.78 is 14.7. The van der Waals surface area contributed by atoms with Crippen LogP contribution >= 0.6 is 23.1 Å². The molecule has 2 aromatic heterocycles. The molecule has 0 atom stereocenters. The third kappa shape index (κ3) is 4.47. The van der Waals surface area contributed by atoms with E-state index in [-0.39, 0.29) is 23.0 Å². The van der Waals surface area contributed by atoms with Crippen LogP contribution in [-0.2, 0) is 11.2 Å². The molecule has 5 nitrogen and oxygen atoms in total. The van der Waals surface area contributed by atoms with Gasteiger partial charge in [0.1, 0.15) is 10.6 Å². The predicted octanol–water partition coefficient (Wildman–Crippen LogP) is 5.50. The van der Waals surface area contributed by atoms with Gasteiger partial charge in [-0.15, -0.1) is 11.3 Å². The molecule has 164 valence electrons. The number of carbonyl (C=O) groups excluding carboxylic acids is 1. The lowest BCUT2D eigenvalue weighted by atomic mass is 10.2. The standard InChI is InChI=1S/C24H22FN3O2S2/c1-4-19-15(3)21-22(32-19)27-24(28(23(21)30)18-11-5-14(2)6-12-18)31-13-20(29)26-17-9-7-16(25)8-10-17/h5-12H,4,13H2,1-3H3,(H,26,29). The molecular formula is C24H22FN3O2S2. The molecule has 1 N–H and O–H groups in total. The Morgan fingerprint density at radius 3 is 2.47 bits per heavy atom. The van der Waals surface area contributed by atoms with E-state index in [1.807, 2.05) is 38.1 Å². The first-order chi connectivity index (χ1) is 15.4. The zero-order chi connectivity index (χ0) is 22.8. The van der Waals surface area contributed by atoms with Crippen LogP contribution in [0.1, 0.15) is 22.9 Å². The first-order valence-electron chi connectivity index (χ1n) is 10.2. The van der Waals surface area contributed by atoms with E-state index < -0.39 is 0 Å². The lowest BCUT2D eigenvalue weighted by molar-refractivity contribution is -0.113. The van der Waals surface area contributed by atoms with Crippen LogP contribution in [0, 0.1) is 19.7 Å². The van der Waals surface area contributed by atoms with Crippen LogP contribution in [0.2, 0.25) is 0 Å². The van der Waals surface area contributed by atoms with Crippen LogP contribution < -0.4 is 10.9 Å². The van der Waals surface area contributed by atoms with E-state index in [0.717, 1.165) is 22.4 Å². The van der Waals surface area contributed by atoms with Crippen molar-refractivity contribution < 1.29 is 9.18 Å². The molecule has 0 aliphatic carbocycles. The maximum absolute atomic E-state index is 13.5. The number of rotatable bonds is 6. The smallest absolute Gasteiger partial charge is 0.267 e. The quantitative estimate of drug-likeness (QED) is 0.301. The zero-order valence-corrected chi connectivity index (χ0v) is 19.6. The molecule has 0 bridgehead atoms. The Balaban J connectivity index is 1.71. The number of aromatic nitrogens is 2. The van der Waals surface area contributed by atoms with Gasteiger partial charge in [0.2, 0.25) is 5.91 Å². The molecule has 0 aliphatic rings. The first kappa shape index (κ1) is 22.2. The SMILES string of the molecule is CCc1sc2nc(SCC(=O)Nc3ccc(F)cc3)n(-c3ccc(C)cc3)c(=O)c2c1C. The number of anilines is 1. The minimum Gasteiger partial charge on any atom is -0.325 e. The van der Waals surface area contributed by atoms with Crippen LogP contribution in [0.25, 0.3) is 15.9 Å². The fraction of sp³-hybridized carbons (Fsp3) is 0.208. The normalized spacial score (nSPS) is 11.1. The first-order valence-corrected chi connectivity index (χ1v) is 12.0. The molecule has 0 fully saturated rings. The highest BCUT2D eigenvalue weighted by Crippen LogP contribution is 2.30. The number of thioether (sulfide) groups is 1. The highest BCUT2D eigenvalue weighted by molar-refractivity contribution is 7.99. The predicted molar refractivity (Wildman–Crippen MR) is 130 cm³/mol. The van der Waals surface area contributed by atoms with Gasteiger partial charge in [-0.05, 0) is 62.2 Å². The summed E-state index contributed by atoms with van der Waals surface area (Å²) in [4.78, 5) is 32.6. The van der Waals surface area contributed by atoms with E-state index >= 15 is 0 Å². The van der Waals surface area contributed by atoms with Crippen molar-refractivity contribution in [3.8, 4) is 5.69 Å². The van der Waals surface area contributed by atoms with Gasteiger partial charge in [-0.1, -0.05) is 36.4 Å². The summed E-state index contributed by atoms with van der Waals surface area (Å²) in [6.45, 7) is 6.01. The Bertz CT molecular complexity index is 1340. The van der Waals surface area contributed by atoms with E-state index in [0.29, 0.717) is 26.7 Å². The number of carbonyl (C=O) groups is 1. The van der Waals surface area contributed by atoms with Gasteiger partial charge >= 0.3 is 0 Å². The van der Waals surface area contributed by atoms with Gasteiger partial charge in [0.05, 0.1) is 16.8 Å². The Morgan fingerprint density at radius 1 is 1.12 bits per heavy atom. The molecule has 4 aromatic rings. The molecule has 0 unspecified atom stereocenters. The average Bonchev–Trinajstić information content (AvgIpc) is 3.10. The third-order valence-electron chi connectivity index (χ3n) is 5.11. The van der Waals surface area contributed by atoms with Crippen LogP contribution in [0.3, 0.4) is 0 Å². The fourth-order valence-electron chi connectivity index (χ4n) is 3.43. The highest BCUT2D eigenvalue weighted by Gasteiger charge is 2.19. The summed E-state index contributed by atoms with van der Waals surface area (Å²) in [5.74, 6) is -0.565. The van der Waals surface area contributed by atoms with Gasteiger partial charge in [0, 0.05) is 10.6 Å². The second-order valence-corrected chi connectivity index (χ2v) is 9.42. The Morgan fingerprint density at radius 2 is 1.81 bits per heavy atom. The number of thiophene rings is 1.